The molecule has 104 valence electrons. The van der Waals surface area contributed by atoms with Gasteiger partial charge in [0, 0.05) is 12.2 Å². The molecule has 1 heterocycles. The number of rotatable bonds is 3. The van der Waals surface area contributed by atoms with Crippen molar-refractivity contribution < 1.29 is 18.0 Å². The van der Waals surface area contributed by atoms with E-state index in [1.807, 2.05) is 0 Å². The van der Waals surface area contributed by atoms with E-state index in [9.17, 15) is 18.0 Å². The van der Waals surface area contributed by atoms with Crippen molar-refractivity contribution in [2.75, 3.05) is 5.32 Å². The van der Waals surface area contributed by atoms with Gasteiger partial charge in [0.05, 0.1) is 5.92 Å². The van der Waals surface area contributed by atoms with Crippen molar-refractivity contribution in [3.8, 4) is 0 Å². The molecule has 0 unspecified atom stereocenters. The highest BCUT2D eigenvalue weighted by Crippen LogP contribution is 2.30. The number of primary amides is 1. The number of halogens is 3. The summed E-state index contributed by atoms with van der Waals surface area (Å²) in [5.41, 5.74) is 4.23. The zero-order chi connectivity index (χ0) is 14.0. The van der Waals surface area contributed by atoms with Crippen molar-refractivity contribution in [2.45, 2.75) is 31.5 Å². The second-order valence-electron chi connectivity index (χ2n) is 4.45. The first kappa shape index (κ1) is 13.6. The Kier molecular flexibility index (Phi) is 3.59. The minimum absolute atomic E-state index is 0.132. The highest BCUT2D eigenvalue weighted by Gasteiger charge is 2.34. The Hall–Kier alpha value is -1.86. The molecule has 1 saturated carbocycles. The van der Waals surface area contributed by atoms with E-state index in [0.29, 0.717) is 12.8 Å². The quantitative estimate of drug-likeness (QED) is 0.876. The van der Waals surface area contributed by atoms with Gasteiger partial charge in [-0.15, -0.1) is 0 Å². The highest BCUT2D eigenvalue weighted by molar-refractivity contribution is 5.78. The molecule has 0 aromatic carbocycles. The minimum Gasteiger partial charge on any atom is -0.369 e. The van der Waals surface area contributed by atoms with E-state index in [4.69, 9.17) is 5.73 Å². The van der Waals surface area contributed by atoms with Crippen LogP contribution >= 0.6 is 0 Å². The molecule has 1 aromatic heterocycles. The number of nitrogens with zero attached hydrogens (tertiary/aromatic N) is 2. The zero-order valence-corrected chi connectivity index (χ0v) is 9.94. The summed E-state index contributed by atoms with van der Waals surface area (Å²) in [5, 5.41) is 2.76. The predicted molar refractivity (Wildman–Crippen MR) is 61.0 cm³/mol. The van der Waals surface area contributed by atoms with Crippen LogP contribution in [0.3, 0.4) is 0 Å². The summed E-state index contributed by atoms with van der Waals surface area (Å²) in [6, 6.07) is 0.492. The van der Waals surface area contributed by atoms with Crippen LogP contribution < -0.4 is 11.1 Å². The van der Waals surface area contributed by atoms with Gasteiger partial charge < -0.3 is 11.1 Å². The minimum atomic E-state index is -4.52. The Morgan fingerprint density at radius 1 is 1.42 bits per heavy atom. The van der Waals surface area contributed by atoms with Gasteiger partial charge >= 0.3 is 6.18 Å². The van der Waals surface area contributed by atoms with Gasteiger partial charge in [-0.05, 0) is 18.9 Å². The van der Waals surface area contributed by atoms with Gasteiger partial charge in [-0.2, -0.15) is 13.2 Å². The number of hydrogen-bond acceptors (Lipinski definition) is 4. The Bertz CT molecular complexity index is 477. The van der Waals surface area contributed by atoms with E-state index < -0.39 is 23.7 Å². The van der Waals surface area contributed by atoms with Gasteiger partial charge in [0.1, 0.15) is 5.69 Å². The summed E-state index contributed by atoms with van der Waals surface area (Å²) in [6.45, 7) is 0. The molecular formula is C11H13F3N4O. The van der Waals surface area contributed by atoms with Crippen LogP contribution in [0.2, 0.25) is 0 Å². The van der Waals surface area contributed by atoms with E-state index in [0.717, 1.165) is 18.7 Å². The molecule has 1 aliphatic carbocycles. The van der Waals surface area contributed by atoms with Gasteiger partial charge in [-0.1, -0.05) is 6.42 Å². The molecule has 0 aliphatic heterocycles. The van der Waals surface area contributed by atoms with E-state index in [1.165, 1.54) is 0 Å². The lowest BCUT2D eigenvalue weighted by atomic mass is 10.0. The van der Waals surface area contributed by atoms with Crippen LogP contribution in [-0.4, -0.2) is 21.9 Å². The van der Waals surface area contributed by atoms with E-state index >= 15 is 0 Å². The van der Waals surface area contributed by atoms with E-state index in [2.05, 4.69) is 15.3 Å². The lowest BCUT2D eigenvalue weighted by Gasteiger charge is -2.18. The maximum atomic E-state index is 12.5. The van der Waals surface area contributed by atoms with Crippen LogP contribution in [0.15, 0.2) is 12.3 Å². The second kappa shape index (κ2) is 5.02. The molecule has 1 amide bonds. The van der Waals surface area contributed by atoms with Crippen LogP contribution in [0.4, 0.5) is 19.1 Å². The lowest BCUT2D eigenvalue weighted by Crippen LogP contribution is -2.34. The number of hydrogen-bond donors (Lipinski definition) is 2. The molecule has 5 nitrogen and oxygen atoms in total. The average molecular weight is 274 g/mol. The monoisotopic (exact) mass is 274 g/mol. The van der Waals surface area contributed by atoms with Crippen LogP contribution in [0.5, 0.6) is 0 Å². The smallest absolute Gasteiger partial charge is 0.369 e. The third kappa shape index (κ3) is 3.12. The summed E-state index contributed by atoms with van der Waals surface area (Å²) < 4.78 is 37.5. The van der Waals surface area contributed by atoms with E-state index in [1.54, 1.807) is 0 Å². The fourth-order valence-electron chi connectivity index (χ4n) is 2.23. The van der Waals surface area contributed by atoms with Crippen LogP contribution in [-0.2, 0) is 11.0 Å². The molecule has 0 saturated heterocycles. The van der Waals surface area contributed by atoms with Crippen molar-refractivity contribution in [2.24, 2.45) is 11.7 Å². The summed E-state index contributed by atoms with van der Waals surface area (Å²) in [5.74, 6) is -0.979. The van der Waals surface area contributed by atoms with Gasteiger partial charge in [-0.25, -0.2) is 9.97 Å². The molecule has 1 aliphatic rings. The van der Waals surface area contributed by atoms with Crippen molar-refractivity contribution >= 4 is 11.9 Å². The van der Waals surface area contributed by atoms with Crippen LogP contribution in [0, 0.1) is 5.92 Å². The Labute approximate surface area is 107 Å². The molecule has 0 spiro atoms. The third-order valence-corrected chi connectivity index (χ3v) is 3.14. The van der Waals surface area contributed by atoms with Gasteiger partial charge in [-0.3, -0.25) is 4.79 Å². The molecular weight excluding hydrogens is 261 g/mol. The molecule has 2 atom stereocenters. The number of carbonyl (C=O) groups excluding carboxylic acids is 1. The third-order valence-electron chi connectivity index (χ3n) is 3.14. The standard InChI is InChI=1S/C11H13F3N4O/c12-11(13,14)8-4-5-16-10(18-8)17-7-3-1-2-6(7)9(15)19/h4-7H,1-3H2,(H2,15,19)(H,16,17,18)/t6-,7+/m0/s1. The SMILES string of the molecule is NC(=O)[C@H]1CCC[C@H]1Nc1nccc(C(F)(F)F)n1. The number of nitrogens with one attached hydrogen (secondary N) is 1. The molecule has 1 fully saturated rings. The summed E-state index contributed by atoms with van der Waals surface area (Å²) in [4.78, 5) is 18.3. The van der Waals surface area contributed by atoms with Crippen molar-refractivity contribution in [3.05, 3.63) is 18.0 Å². The van der Waals surface area contributed by atoms with Crippen molar-refractivity contribution in [1.82, 2.24) is 9.97 Å². The number of carbonyl (C=O) groups is 1. The normalized spacial score (nSPS) is 23.3. The summed E-state index contributed by atoms with van der Waals surface area (Å²) in [7, 11) is 0. The molecule has 8 heteroatoms. The van der Waals surface area contributed by atoms with Gasteiger partial charge in [0.15, 0.2) is 0 Å². The number of amides is 1. The first-order valence-electron chi connectivity index (χ1n) is 5.84. The summed E-state index contributed by atoms with van der Waals surface area (Å²) >= 11 is 0. The van der Waals surface area contributed by atoms with Crippen molar-refractivity contribution in [3.63, 3.8) is 0 Å². The molecule has 1 aromatic rings. The molecule has 0 bridgehead atoms. The zero-order valence-electron chi connectivity index (χ0n) is 9.94. The molecule has 3 N–H and O–H groups in total. The molecule has 0 radical (unpaired) electrons. The van der Waals surface area contributed by atoms with Crippen LogP contribution in [0.25, 0.3) is 0 Å². The molecule has 19 heavy (non-hydrogen) atoms. The lowest BCUT2D eigenvalue weighted by molar-refractivity contribution is -0.141. The maximum Gasteiger partial charge on any atom is 0.433 e. The average Bonchev–Trinajstić information content (AvgIpc) is 2.76. The second-order valence-corrected chi connectivity index (χ2v) is 4.45. The number of anilines is 1. The number of alkyl halides is 3. The fourth-order valence-corrected chi connectivity index (χ4v) is 2.23. The van der Waals surface area contributed by atoms with Gasteiger partial charge in [0.2, 0.25) is 11.9 Å². The van der Waals surface area contributed by atoms with Gasteiger partial charge in [0.25, 0.3) is 0 Å². The fraction of sp³-hybridized carbons (Fsp3) is 0.545. The predicted octanol–water partition coefficient (Wildman–Crippen LogP) is 1.56. The topological polar surface area (TPSA) is 80.9 Å². The Balaban J connectivity index is 2.13. The van der Waals surface area contributed by atoms with E-state index in [-0.39, 0.29) is 12.0 Å². The number of aromatic nitrogens is 2. The molecule has 2 rings (SSSR count). The Morgan fingerprint density at radius 2 is 2.16 bits per heavy atom. The van der Waals surface area contributed by atoms with Crippen molar-refractivity contribution in [1.29, 1.82) is 0 Å². The maximum absolute atomic E-state index is 12.5. The summed E-state index contributed by atoms with van der Waals surface area (Å²) in [6.07, 6.45) is -1.39. The number of nitrogens with two attached hydrogens (primary N) is 1. The Morgan fingerprint density at radius 3 is 2.79 bits per heavy atom. The first-order chi connectivity index (χ1) is 8.88. The largest absolute Gasteiger partial charge is 0.433 e. The first-order valence-corrected chi connectivity index (χ1v) is 5.84. The highest BCUT2D eigenvalue weighted by atomic mass is 19.4. The van der Waals surface area contributed by atoms with Crippen LogP contribution in [0.1, 0.15) is 25.0 Å².